The Labute approximate surface area is 126 Å². The maximum atomic E-state index is 10.4. The summed E-state index contributed by atoms with van der Waals surface area (Å²) in [5.74, 6) is 0.721. The van der Waals surface area contributed by atoms with Gasteiger partial charge in [0.15, 0.2) is 0 Å². The van der Waals surface area contributed by atoms with Gasteiger partial charge in [-0.3, -0.25) is 0 Å². The second-order valence-electron chi connectivity index (χ2n) is 5.15. The average Bonchev–Trinajstić information content (AvgIpc) is 2.52. The number of nitrogens with one attached hydrogen (secondary N) is 1. The smallest absolute Gasteiger partial charge is 0.124 e. The summed E-state index contributed by atoms with van der Waals surface area (Å²) in [6, 6.07) is 14.0. The fourth-order valence-electron chi connectivity index (χ4n) is 2.43. The molecular weight excluding hydrogens is 262 g/mol. The minimum absolute atomic E-state index is 0.455. The van der Waals surface area contributed by atoms with Gasteiger partial charge in [0, 0.05) is 17.8 Å². The molecule has 0 amide bonds. The molecule has 112 valence electrons. The van der Waals surface area contributed by atoms with E-state index in [1.165, 1.54) is 5.56 Å². The summed E-state index contributed by atoms with van der Waals surface area (Å²) in [5, 5.41) is 13.8. The Balaban J connectivity index is 2.11. The third-order valence-corrected chi connectivity index (χ3v) is 3.63. The molecule has 0 saturated heterocycles. The van der Waals surface area contributed by atoms with Crippen LogP contribution >= 0.6 is 0 Å². The van der Waals surface area contributed by atoms with Gasteiger partial charge < -0.3 is 15.2 Å². The van der Waals surface area contributed by atoms with Crippen molar-refractivity contribution in [2.75, 3.05) is 19.0 Å². The van der Waals surface area contributed by atoms with Crippen LogP contribution in [0.15, 0.2) is 42.5 Å². The lowest BCUT2D eigenvalue weighted by Gasteiger charge is -2.18. The van der Waals surface area contributed by atoms with Gasteiger partial charge >= 0.3 is 0 Å². The zero-order valence-corrected chi connectivity index (χ0v) is 12.9. The fourth-order valence-corrected chi connectivity index (χ4v) is 2.43. The first-order chi connectivity index (χ1) is 10.2. The summed E-state index contributed by atoms with van der Waals surface area (Å²) in [5.41, 5.74) is 4.25. The standard InChI is InChI=1S/C18H23NO2/c1-4-14-7-5-6-8-16(14)19-12-17(20)15-11-13(2)9-10-18(15)21-3/h5-11,17,19-20H,4,12H2,1-3H3. The molecule has 0 aliphatic heterocycles. The van der Waals surface area contributed by atoms with Crippen molar-refractivity contribution in [2.24, 2.45) is 0 Å². The molecule has 2 aromatic carbocycles. The molecule has 3 heteroatoms. The van der Waals surface area contributed by atoms with Crippen molar-refractivity contribution in [2.45, 2.75) is 26.4 Å². The molecule has 0 aliphatic rings. The van der Waals surface area contributed by atoms with Crippen LogP contribution < -0.4 is 10.1 Å². The molecule has 0 radical (unpaired) electrons. The van der Waals surface area contributed by atoms with Crippen molar-refractivity contribution < 1.29 is 9.84 Å². The molecule has 0 aromatic heterocycles. The topological polar surface area (TPSA) is 41.5 Å². The number of ether oxygens (including phenoxy) is 1. The van der Waals surface area contributed by atoms with Crippen LogP contribution in [-0.2, 0) is 6.42 Å². The van der Waals surface area contributed by atoms with Gasteiger partial charge in [-0.05, 0) is 37.1 Å². The third-order valence-electron chi connectivity index (χ3n) is 3.63. The van der Waals surface area contributed by atoms with Crippen molar-refractivity contribution in [3.8, 4) is 5.75 Å². The van der Waals surface area contributed by atoms with Crippen molar-refractivity contribution in [3.05, 3.63) is 59.2 Å². The van der Waals surface area contributed by atoms with Gasteiger partial charge in [-0.1, -0.05) is 36.8 Å². The first-order valence-electron chi connectivity index (χ1n) is 7.30. The minimum Gasteiger partial charge on any atom is -0.496 e. The van der Waals surface area contributed by atoms with Crippen LogP contribution in [0, 0.1) is 6.92 Å². The van der Waals surface area contributed by atoms with Crippen LogP contribution in [0.1, 0.15) is 29.7 Å². The first-order valence-corrected chi connectivity index (χ1v) is 7.30. The molecule has 0 fully saturated rings. The van der Waals surface area contributed by atoms with Gasteiger partial charge in [-0.2, -0.15) is 0 Å². The van der Waals surface area contributed by atoms with Crippen molar-refractivity contribution in [3.63, 3.8) is 0 Å². The van der Waals surface area contributed by atoms with Gasteiger partial charge in [0.25, 0.3) is 0 Å². The van der Waals surface area contributed by atoms with Gasteiger partial charge in [0.05, 0.1) is 13.2 Å². The second-order valence-corrected chi connectivity index (χ2v) is 5.15. The predicted octanol–water partition coefficient (Wildman–Crippen LogP) is 3.71. The van der Waals surface area contributed by atoms with Gasteiger partial charge in [0.2, 0.25) is 0 Å². The number of methoxy groups -OCH3 is 1. The van der Waals surface area contributed by atoms with Crippen LogP contribution in [0.5, 0.6) is 5.75 Å². The summed E-state index contributed by atoms with van der Waals surface area (Å²) in [6.07, 6.45) is 0.359. The molecule has 1 unspecified atom stereocenters. The van der Waals surface area contributed by atoms with Crippen LogP contribution in [0.4, 0.5) is 5.69 Å². The largest absolute Gasteiger partial charge is 0.496 e. The summed E-state index contributed by atoms with van der Waals surface area (Å²) in [7, 11) is 1.63. The van der Waals surface area contributed by atoms with Crippen LogP contribution in [0.3, 0.4) is 0 Å². The van der Waals surface area contributed by atoms with E-state index >= 15 is 0 Å². The SMILES string of the molecule is CCc1ccccc1NCC(O)c1cc(C)ccc1OC. The van der Waals surface area contributed by atoms with Crippen molar-refractivity contribution in [1.29, 1.82) is 0 Å². The number of benzene rings is 2. The molecule has 1 atom stereocenters. The number of anilines is 1. The number of hydrogen-bond acceptors (Lipinski definition) is 3. The van der Waals surface area contributed by atoms with Crippen LogP contribution in [0.2, 0.25) is 0 Å². The van der Waals surface area contributed by atoms with E-state index in [1.807, 2.05) is 43.3 Å². The molecule has 0 heterocycles. The number of rotatable bonds is 6. The first kappa shape index (κ1) is 15.4. The van der Waals surface area contributed by atoms with E-state index in [-0.39, 0.29) is 0 Å². The molecule has 21 heavy (non-hydrogen) atoms. The molecule has 3 nitrogen and oxygen atoms in total. The van der Waals surface area contributed by atoms with Crippen LogP contribution in [0.25, 0.3) is 0 Å². The number of aliphatic hydroxyl groups is 1. The lowest BCUT2D eigenvalue weighted by molar-refractivity contribution is 0.187. The van der Waals surface area contributed by atoms with Gasteiger partial charge in [-0.15, -0.1) is 0 Å². The normalized spacial score (nSPS) is 12.0. The van der Waals surface area contributed by atoms with E-state index in [0.29, 0.717) is 6.54 Å². The monoisotopic (exact) mass is 285 g/mol. The molecule has 2 N–H and O–H groups in total. The molecule has 0 spiro atoms. The number of para-hydroxylation sites is 1. The highest BCUT2D eigenvalue weighted by atomic mass is 16.5. The Kier molecular flexibility index (Phi) is 5.23. The summed E-state index contributed by atoms with van der Waals surface area (Å²) in [4.78, 5) is 0. The van der Waals surface area contributed by atoms with E-state index in [1.54, 1.807) is 7.11 Å². The fraction of sp³-hybridized carbons (Fsp3) is 0.333. The minimum atomic E-state index is -0.607. The Hall–Kier alpha value is -2.00. The molecule has 0 bridgehead atoms. The van der Waals surface area contributed by atoms with E-state index in [2.05, 4.69) is 18.3 Å². The van der Waals surface area contributed by atoms with Crippen molar-refractivity contribution in [1.82, 2.24) is 0 Å². The van der Waals surface area contributed by atoms with E-state index in [0.717, 1.165) is 29.0 Å². The second kappa shape index (κ2) is 7.14. The Morgan fingerprint density at radius 2 is 1.95 bits per heavy atom. The predicted molar refractivity (Wildman–Crippen MR) is 87.0 cm³/mol. The average molecular weight is 285 g/mol. The number of aliphatic hydroxyl groups excluding tert-OH is 1. The Morgan fingerprint density at radius 1 is 1.19 bits per heavy atom. The number of aryl methyl sites for hydroxylation is 2. The Morgan fingerprint density at radius 3 is 2.67 bits per heavy atom. The summed E-state index contributed by atoms with van der Waals surface area (Å²) in [6.45, 7) is 4.59. The zero-order valence-electron chi connectivity index (χ0n) is 12.9. The zero-order chi connectivity index (χ0) is 15.2. The molecule has 0 aliphatic carbocycles. The van der Waals surface area contributed by atoms with Gasteiger partial charge in [-0.25, -0.2) is 0 Å². The highest BCUT2D eigenvalue weighted by Gasteiger charge is 2.13. The highest BCUT2D eigenvalue weighted by molar-refractivity contribution is 5.51. The molecule has 2 aromatic rings. The molecule has 2 rings (SSSR count). The lowest BCUT2D eigenvalue weighted by Crippen LogP contribution is -2.14. The highest BCUT2D eigenvalue weighted by Crippen LogP contribution is 2.27. The summed E-state index contributed by atoms with van der Waals surface area (Å²) < 4.78 is 5.33. The lowest BCUT2D eigenvalue weighted by atomic mass is 10.0. The van der Waals surface area contributed by atoms with E-state index in [4.69, 9.17) is 4.74 Å². The maximum Gasteiger partial charge on any atom is 0.124 e. The molecule has 0 saturated carbocycles. The van der Waals surface area contributed by atoms with Gasteiger partial charge in [0.1, 0.15) is 5.75 Å². The Bertz CT molecular complexity index is 596. The van der Waals surface area contributed by atoms with Crippen molar-refractivity contribution >= 4 is 5.69 Å². The van der Waals surface area contributed by atoms with E-state index in [9.17, 15) is 5.11 Å². The summed E-state index contributed by atoms with van der Waals surface area (Å²) >= 11 is 0. The van der Waals surface area contributed by atoms with E-state index < -0.39 is 6.10 Å². The molecular formula is C18H23NO2. The third kappa shape index (κ3) is 3.76. The number of hydrogen-bond donors (Lipinski definition) is 2. The maximum absolute atomic E-state index is 10.4. The quantitative estimate of drug-likeness (QED) is 0.850. The van der Waals surface area contributed by atoms with Crippen LogP contribution in [-0.4, -0.2) is 18.8 Å².